The Kier molecular flexibility index (Phi) is 7.22. The van der Waals surface area contributed by atoms with Crippen molar-refractivity contribution in [2.45, 2.75) is 31.5 Å². The normalized spacial score (nSPS) is 12.5. The quantitative estimate of drug-likeness (QED) is 0.538. The van der Waals surface area contributed by atoms with Crippen molar-refractivity contribution in [2.24, 2.45) is 5.92 Å². The molecule has 100 valence electrons. The highest BCUT2D eigenvalue weighted by Crippen LogP contribution is 2.19. The van der Waals surface area contributed by atoms with Gasteiger partial charge in [-0.3, -0.25) is 4.79 Å². The number of nitrogens with one attached hydrogen (secondary N) is 1. The third kappa shape index (κ3) is 4.53. The second kappa shape index (κ2) is 8.15. The number of carbonyl (C=O) groups is 1. The summed E-state index contributed by atoms with van der Waals surface area (Å²) in [5.74, 6) is 0.621. The number of carbonyl (C=O) groups excluding carboxylic acids is 1. The summed E-state index contributed by atoms with van der Waals surface area (Å²) < 4.78 is 0.987. The minimum atomic E-state index is 0.00964. The summed E-state index contributed by atoms with van der Waals surface area (Å²) in [6.45, 7) is 5.05. The van der Waals surface area contributed by atoms with Gasteiger partial charge >= 0.3 is 0 Å². The second-order valence-corrected chi connectivity index (χ2v) is 6.62. The predicted octanol–water partition coefficient (Wildman–Crippen LogP) is 4.22. The topological polar surface area (TPSA) is 29.1 Å². The molecule has 0 aromatic heterocycles. The van der Waals surface area contributed by atoms with Gasteiger partial charge < -0.3 is 5.32 Å². The maximum Gasteiger partial charge on any atom is 0.252 e. The van der Waals surface area contributed by atoms with Gasteiger partial charge in [0, 0.05) is 14.9 Å². The summed E-state index contributed by atoms with van der Waals surface area (Å²) in [7, 11) is 0. The maximum atomic E-state index is 12.0. The Bertz CT molecular complexity index is 393. The highest BCUT2D eigenvalue weighted by Gasteiger charge is 2.17. The summed E-state index contributed by atoms with van der Waals surface area (Å²) in [6, 6.07) is 7.64. The van der Waals surface area contributed by atoms with Gasteiger partial charge in [0.05, 0.1) is 5.56 Å². The molecular formula is C14H19BrINO. The lowest BCUT2D eigenvalue weighted by Gasteiger charge is -2.20. The smallest absolute Gasteiger partial charge is 0.252 e. The summed E-state index contributed by atoms with van der Waals surface area (Å²) in [5, 5.41) is 3.00. The van der Waals surface area contributed by atoms with Gasteiger partial charge in [-0.05, 0) is 40.6 Å². The van der Waals surface area contributed by atoms with Crippen LogP contribution in [0.5, 0.6) is 0 Å². The Balaban J connectivity index is 2.54. The molecule has 1 rings (SSSR count). The van der Waals surface area contributed by atoms with Crippen molar-refractivity contribution in [3.8, 4) is 0 Å². The Labute approximate surface area is 131 Å². The first-order chi connectivity index (χ1) is 8.60. The van der Waals surface area contributed by atoms with Gasteiger partial charge in [-0.1, -0.05) is 54.8 Å². The van der Waals surface area contributed by atoms with Crippen LogP contribution in [0.4, 0.5) is 0 Å². The van der Waals surface area contributed by atoms with Crippen molar-refractivity contribution in [2.75, 3.05) is 6.54 Å². The first-order valence-corrected chi connectivity index (χ1v) is 8.26. The highest BCUT2D eigenvalue weighted by molar-refractivity contribution is 14.1. The van der Waals surface area contributed by atoms with Gasteiger partial charge in [0.25, 0.3) is 5.91 Å². The zero-order valence-electron chi connectivity index (χ0n) is 10.7. The van der Waals surface area contributed by atoms with Crippen LogP contribution in [0, 0.1) is 9.49 Å². The molecular weight excluding hydrogens is 405 g/mol. The van der Waals surface area contributed by atoms with Crippen LogP contribution in [0.15, 0.2) is 24.3 Å². The molecule has 1 atom stereocenters. The van der Waals surface area contributed by atoms with Gasteiger partial charge in [0.15, 0.2) is 0 Å². The number of hydrogen-bond acceptors (Lipinski definition) is 1. The SMILES string of the molecule is CCC(CC)C(Br)CNC(=O)c1ccccc1I. The summed E-state index contributed by atoms with van der Waals surface area (Å²) in [5.41, 5.74) is 0.752. The molecule has 0 saturated carbocycles. The monoisotopic (exact) mass is 423 g/mol. The number of alkyl halides is 1. The predicted molar refractivity (Wildman–Crippen MR) is 88.3 cm³/mol. The van der Waals surface area contributed by atoms with Crippen LogP contribution in [0.1, 0.15) is 37.0 Å². The number of rotatable bonds is 6. The lowest BCUT2D eigenvalue weighted by molar-refractivity contribution is 0.0951. The summed E-state index contributed by atoms with van der Waals surface area (Å²) in [4.78, 5) is 12.4. The number of halogens is 2. The average Bonchev–Trinajstić information content (AvgIpc) is 2.38. The molecule has 1 unspecified atom stereocenters. The zero-order chi connectivity index (χ0) is 13.5. The van der Waals surface area contributed by atoms with E-state index in [9.17, 15) is 4.79 Å². The van der Waals surface area contributed by atoms with Crippen molar-refractivity contribution < 1.29 is 4.79 Å². The van der Waals surface area contributed by atoms with Crippen molar-refractivity contribution in [3.63, 3.8) is 0 Å². The van der Waals surface area contributed by atoms with Gasteiger partial charge in [0.1, 0.15) is 0 Å². The summed E-state index contributed by atoms with van der Waals surface area (Å²) >= 11 is 5.86. The van der Waals surface area contributed by atoms with Crippen molar-refractivity contribution in [3.05, 3.63) is 33.4 Å². The van der Waals surface area contributed by atoms with E-state index in [0.717, 1.165) is 22.0 Å². The van der Waals surface area contributed by atoms with E-state index in [-0.39, 0.29) is 5.91 Å². The van der Waals surface area contributed by atoms with E-state index in [1.54, 1.807) is 0 Å². The van der Waals surface area contributed by atoms with E-state index in [1.807, 2.05) is 24.3 Å². The molecule has 2 nitrogen and oxygen atoms in total. The minimum absolute atomic E-state index is 0.00964. The molecule has 1 aromatic carbocycles. The third-order valence-electron chi connectivity index (χ3n) is 3.14. The van der Waals surface area contributed by atoms with Crippen LogP contribution in [-0.2, 0) is 0 Å². The standard InChI is InChI=1S/C14H19BrINO/c1-3-10(4-2)12(15)9-17-14(18)11-7-5-6-8-13(11)16/h5-8,10,12H,3-4,9H2,1-2H3,(H,17,18). The van der Waals surface area contributed by atoms with Gasteiger partial charge in [-0.15, -0.1) is 0 Å². The van der Waals surface area contributed by atoms with Crippen LogP contribution >= 0.6 is 38.5 Å². The second-order valence-electron chi connectivity index (χ2n) is 4.28. The molecule has 0 heterocycles. The van der Waals surface area contributed by atoms with Crippen LogP contribution in [-0.4, -0.2) is 17.3 Å². The van der Waals surface area contributed by atoms with Crippen molar-refractivity contribution >= 4 is 44.4 Å². The Morgan fingerprint density at radius 3 is 2.50 bits per heavy atom. The van der Waals surface area contributed by atoms with Crippen LogP contribution in [0.2, 0.25) is 0 Å². The zero-order valence-corrected chi connectivity index (χ0v) is 14.5. The first-order valence-electron chi connectivity index (χ1n) is 6.26. The Hall–Kier alpha value is -0.100. The Morgan fingerprint density at radius 1 is 1.33 bits per heavy atom. The van der Waals surface area contributed by atoms with Crippen LogP contribution in [0.3, 0.4) is 0 Å². The fraction of sp³-hybridized carbons (Fsp3) is 0.500. The molecule has 0 spiro atoms. The highest BCUT2D eigenvalue weighted by atomic mass is 127. The maximum absolute atomic E-state index is 12.0. The molecule has 0 aliphatic heterocycles. The lowest BCUT2D eigenvalue weighted by atomic mass is 9.99. The minimum Gasteiger partial charge on any atom is -0.351 e. The fourth-order valence-electron chi connectivity index (χ4n) is 1.90. The van der Waals surface area contributed by atoms with E-state index in [0.29, 0.717) is 17.3 Å². The molecule has 0 fully saturated rings. The molecule has 0 aliphatic carbocycles. The fourth-order valence-corrected chi connectivity index (χ4v) is 3.44. The number of amides is 1. The average molecular weight is 424 g/mol. The van der Waals surface area contributed by atoms with E-state index < -0.39 is 0 Å². The van der Waals surface area contributed by atoms with E-state index >= 15 is 0 Å². The van der Waals surface area contributed by atoms with Crippen molar-refractivity contribution in [1.82, 2.24) is 5.32 Å². The van der Waals surface area contributed by atoms with Gasteiger partial charge in [0.2, 0.25) is 0 Å². The van der Waals surface area contributed by atoms with E-state index in [2.05, 4.69) is 57.7 Å². The first kappa shape index (κ1) is 16.0. The van der Waals surface area contributed by atoms with E-state index in [4.69, 9.17) is 0 Å². The van der Waals surface area contributed by atoms with Crippen molar-refractivity contribution in [1.29, 1.82) is 0 Å². The van der Waals surface area contributed by atoms with Gasteiger partial charge in [-0.2, -0.15) is 0 Å². The van der Waals surface area contributed by atoms with Gasteiger partial charge in [-0.25, -0.2) is 0 Å². The summed E-state index contributed by atoms with van der Waals surface area (Å²) in [6.07, 6.45) is 2.26. The third-order valence-corrected chi connectivity index (χ3v) is 5.15. The van der Waals surface area contributed by atoms with Crippen LogP contribution in [0.25, 0.3) is 0 Å². The molecule has 18 heavy (non-hydrogen) atoms. The molecule has 0 radical (unpaired) electrons. The number of hydrogen-bond donors (Lipinski definition) is 1. The Morgan fingerprint density at radius 2 is 1.94 bits per heavy atom. The molecule has 4 heteroatoms. The van der Waals surface area contributed by atoms with Crippen LogP contribution < -0.4 is 5.32 Å². The molecule has 0 bridgehead atoms. The molecule has 1 amide bonds. The molecule has 0 saturated heterocycles. The molecule has 1 aromatic rings. The number of benzene rings is 1. The molecule has 0 aliphatic rings. The van der Waals surface area contributed by atoms with E-state index in [1.165, 1.54) is 0 Å². The largest absolute Gasteiger partial charge is 0.351 e. The lowest BCUT2D eigenvalue weighted by Crippen LogP contribution is -2.33. The molecule has 1 N–H and O–H groups in total.